The molecule has 144 valence electrons. The van der Waals surface area contributed by atoms with Crippen LogP contribution >= 0.6 is 0 Å². The van der Waals surface area contributed by atoms with Crippen LogP contribution in [0, 0.1) is 11.6 Å². The normalized spacial score (nSPS) is 16.4. The van der Waals surface area contributed by atoms with Gasteiger partial charge in [-0.05, 0) is 36.6 Å². The van der Waals surface area contributed by atoms with E-state index in [1.807, 2.05) is 0 Å². The van der Waals surface area contributed by atoms with Crippen molar-refractivity contribution in [1.29, 1.82) is 0 Å². The van der Waals surface area contributed by atoms with Gasteiger partial charge in [0.25, 0.3) is 5.56 Å². The van der Waals surface area contributed by atoms with Gasteiger partial charge in [0.2, 0.25) is 5.91 Å². The molecule has 1 fully saturated rings. The van der Waals surface area contributed by atoms with Crippen LogP contribution in [-0.4, -0.2) is 39.3 Å². The topological polar surface area (TPSA) is 55.2 Å². The first-order valence-electron chi connectivity index (χ1n) is 8.70. The Kier molecular flexibility index (Phi) is 5.34. The van der Waals surface area contributed by atoms with Crippen molar-refractivity contribution in [1.82, 2.24) is 14.7 Å². The number of benzene rings is 1. The number of halogens is 3. The van der Waals surface area contributed by atoms with Crippen molar-refractivity contribution in [3.8, 4) is 0 Å². The molecule has 0 N–H and O–H groups in total. The summed E-state index contributed by atoms with van der Waals surface area (Å²) in [7, 11) is 1.51. The zero-order chi connectivity index (χ0) is 19.6. The lowest BCUT2D eigenvalue weighted by molar-refractivity contribution is -0.133. The highest BCUT2D eigenvalue weighted by Gasteiger charge is 2.36. The number of nitrogens with zero attached hydrogens (tertiary/aromatic N) is 3. The first-order valence-corrected chi connectivity index (χ1v) is 8.70. The van der Waals surface area contributed by atoms with E-state index in [9.17, 15) is 18.4 Å². The summed E-state index contributed by atoms with van der Waals surface area (Å²) in [4.78, 5) is 25.3. The molecular formula is C19H20F3N3O2. The molecule has 27 heavy (non-hydrogen) atoms. The van der Waals surface area contributed by atoms with Crippen molar-refractivity contribution >= 4 is 5.91 Å². The number of piperidine rings is 1. The van der Waals surface area contributed by atoms with Crippen LogP contribution in [0.3, 0.4) is 0 Å². The maximum absolute atomic E-state index is 15.0. The van der Waals surface area contributed by atoms with E-state index in [-0.39, 0.29) is 50.2 Å². The molecule has 1 aromatic heterocycles. The fourth-order valence-corrected chi connectivity index (χ4v) is 3.26. The van der Waals surface area contributed by atoms with Crippen LogP contribution in [-0.2, 0) is 24.7 Å². The average molecular weight is 379 g/mol. The molecule has 1 saturated heterocycles. The third kappa shape index (κ3) is 4.56. The Morgan fingerprint density at radius 3 is 2.48 bits per heavy atom. The molecule has 0 saturated carbocycles. The Morgan fingerprint density at radius 1 is 1.15 bits per heavy atom. The summed E-state index contributed by atoms with van der Waals surface area (Å²) in [5, 5.41) is 4.02. The molecule has 1 aromatic carbocycles. The Morgan fingerprint density at radius 2 is 1.85 bits per heavy atom. The summed E-state index contributed by atoms with van der Waals surface area (Å²) in [6, 6.07) is 6.24. The Labute approximate surface area is 154 Å². The second-order valence-electron chi connectivity index (χ2n) is 6.92. The molecule has 1 aliphatic rings. The van der Waals surface area contributed by atoms with Gasteiger partial charge in [0.05, 0.1) is 12.1 Å². The zero-order valence-electron chi connectivity index (χ0n) is 14.9. The molecule has 2 heterocycles. The Balaban J connectivity index is 1.58. The average Bonchev–Trinajstić information content (AvgIpc) is 2.62. The second-order valence-corrected chi connectivity index (χ2v) is 6.92. The van der Waals surface area contributed by atoms with Gasteiger partial charge in [-0.3, -0.25) is 9.59 Å². The lowest BCUT2D eigenvalue weighted by atomic mass is 9.87. The van der Waals surface area contributed by atoms with Gasteiger partial charge in [-0.2, -0.15) is 5.10 Å². The lowest BCUT2D eigenvalue weighted by Crippen LogP contribution is -2.46. The fourth-order valence-electron chi connectivity index (χ4n) is 3.26. The van der Waals surface area contributed by atoms with Gasteiger partial charge >= 0.3 is 0 Å². The fraction of sp³-hybridized carbons (Fsp3) is 0.421. The Bertz CT molecular complexity index is 905. The summed E-state index contributed by atoms with van der Waals surface area (Å²) in [6.45, 7) is 0.482. The quantitative estimate of drug-likeness (QED) is 0.818. The minimum absolute atomic E-state index is 0.0193. The highest BCUT2D eigenvalue weighted by atomic mass is 19.2. The smallest absolute Gasteiger partial charge is 0.266 e. The third-order valence-electron chi connectivity index (χ3n) is 4.87. The van der Waals surface area contributed by atoms with E-state index in [4.69, 9.17) is 0 Å². The third-order valence-corrected chi connectivity index (χ3v) is 4.87. The number of likely N-dealkylation sites (tertiary alicyclic amines) is 1. The van der Waals surface area contributed by atoms with Gasteiger partial charge < -0.3 is 4.90 Å². The van der Waals surface area contributed by atoms with Crippen LogP contribution in [0.5, 0.6) is 0 Å². The van der Waals surface area contributed by atoms with E-state index in [0.29, 0.717) is 11.3 Å². The van der Waals surface area contributed by atoms with Gasteiger partial charge in [0.15, 0.2) is 11.6 Å². The van der Waals surface area contributed by atoms with Crippen LogP contribution < -0.4 is 5.56 Å². The number of rotatable bonds is 4. The molecule has 0 bridgehead atoms. The first-order chi connectivity index (χ1) is 12.8. The van der Waals surface area contributed by atoms with Gasteiger partial charge in [-0.15, -0.1) is 0 Å². The maximum Gasteiger partial charge on any atom is 0.266 e. The van der Waals surface area contributed by atoms with Crippen LogP contribution in [0.1, 0.15) is 24.1 Å². The summed E-state index contributed by atoms with van der Waals surface area (Å²) < 4.78 is 42.5. The van der Waals surface area contributed by atoms with Crippen molar-refractivity contribution < 1.29 is 18.0 Å². The molecule has 0 radical (unpaired) electrons. The predicted molar refractivity (Wildman–Crippen MR) is 92.9 cm³/mol. The zero-order valence-corrected chi connectivity index (χ0v) is 14.9. The number of aryl methyl sites for hydroxylation is 1. The van der Waals surface area contributed by atoms with E-state index in [1.54, 1.807) is 4.90 Å². The highest BCUT2D eigenvalue weighted by molar-refractivity contribution is 5.78. The Hall–Kier alpha value is -2.64. The lowest BCUT2D eigenvalue weighted by Gasteiger charge is -2.36. The molecule has 3 rings (SSSR count). The standard InChI is InChI=1S/C19H20F3N3O2/c1-24-17(26)5-3-14(23-24)11-18(27)25-8-6-19(22,7-9-25)12-13-2-4-15(20)16(21)10-13/h2-5,10H,6-9,11-12H2,1H3. The SMILES string of the molecule is Cn1nc(CC(=O)N2CCC(F)(Cc3ccc(F)c(F)c3)CC2)ccc1=O. The number of carbonyl (C=O) groups excluding carboxylic acids is 1. The number of hydrogen-bond acceptors (Lipinski definition) is 3. The minimum Gasteiger partial charge on any atom is -0.342 e. The second kappa shape index (κ2) is 7.54. The van der Waals surface area contributed by atoms with E-state index < -0.39 is 17.3 Å². The monoisotopic (exact) mass is 379 g/mol. The van der Waals surface area contributed by atoms with Gasteiger partial charge in [-0.1, -0.05) is 6.07 Å². The number of aromatic nitrogens is 2. The number of hydrogen-bond donors (Lipinski definition) is 0. The first kappa shape index (κ1) is 19.1. The predicted octanol–water partition coefficient (Wildman–Crippen LogP) is 2.17. The summed E-state index contributed by atoms with van der Waals surface area (Å²) in [5.41, 5.74) is -0.953. The molecule has 1 amide bonds. The summed E-state index contributed by atoms with van der Waals surface area (Å²) in [6.07, 6.45) is 0.266. The van der Waals surface area contributed by atoms with Gasteiger partial charge in [-0.25, -0.2) is 17.9 Å². The van der Waals surface area contributed by atoms with Crippen LogP contribution in [0.15, 0.2) is 35.1 Å². The molecule has 0 spiro atoms. The van der Waals surface area contributed by atoms with Crippen molar-refractivity contribution in [2.24, 2.45) is 7.05 Å². The molecule has 5 nitrogen and oxygen atoms in total. The van der Waals surface area contributed by atoms with E-state index in [0.717, 1.165) is 16.8 Å². The maximum atomic E-state index is 15.0. The summed E-state index contributed by atoms with van der Waals surface area (Å²) in [5.74, 6) is -2.14. The van der Waals surface area contributed by atoms with Crippen LogP contribution in [0.4, 0.5) is 13.2 Å². The number of carbonyl (C=O) groups is 1. The van der Waals surface area contributed by atoms with Crippen molar-refractivity contribution in [2.45, 2.75) is 31.4 Å². The molecular weight excluding hydrogens is 359 g/mol. The minimum atomic E-state index is -1.56. The van der Waals surface area contributed by atoms with Crippen molar-refractivity contribution in [3.63, 3.8) is 0 Å². The molecule has 0 atom stereocenters. The van der Waals surface area contributed by atoms with Crippen molar-refractivity contribution in [3.05, 3.63) is 63.6 Å². The summed E-state index contributed by atoms with van der Waals surface area (Å²) >= 11 is 0. The number of amides is 1. The van der Waals surface area contributed by atoms with Gasteiger partial charge in [0, 0.05) is 32.6 Å². The van der Waals surface area contributed by atoms with Crippen molar-refractivity contribution in [2.75, 3.05) is 13.1 Å². The highest BCUT2D eigenvalue weighted by Crippen LogP contribution is 2.31. The molecule has 1 aliphatic heterocycles. The van der Waals surface area contributed by atoms with E-state index in [2.05, 4.69) is 5.10 Å². The van der Waals surface area contributed by atoms with Crippen LogP contribution in [0.2, 0.25) is 0 Å². The molecule has 0 aliphatic carbocycles. The molecule has 2 aromatic rings. The van der Waals surface area contributed by atoms with Gasteiger partial charge in [0.1, 0.15) is 5.67 Å². The largest absolute Gasteiger partial charge is 0.342 e. The van der Waals surface area contributed by atoms with Crippen LogP contribution in [0.25, 0.3) is 0 Å². The van der Waals surface area contributed by atoms with E-state index >= 15 is 4.39 Å². The molecule has 0 unspecified atom stereocenters. The van der Waals surface area contributed by atoms with E-state index in [1.165, 1.54) is 25.2 Å². The number of alkyl halides is 1. The molecule has 8 heteroatoms.